The summed E-state index contributed by atoms with van der Waals surface area (Å²) < 4.78 is 10.9. The van der Waals surface area contributed by atoms with Crippen LogP contribution in [0.1, 0.15) is 12.5 Å². The highest BCUT2D eigenvalue weighted by Crippen LogP contribution is 2.13. The van der Waals surface area contributed by atoms with Crippen LogP contribution < -0.4 is 15.4 Å². The monoisotopic (exact) mass is 449 g/mol. The third-order valence-corrected chi connectivity index (χ3v) is 3.63. The van der Waals surface area contributed by atoms with Crippen LogP contribution >= 0.6 is 24.0 Å². The largest absolute Gasteiger partial charge is 0.478 e. The van der Waals surface area contributed by atoms with Crippen molar-refractivity contribution in [3.05, 3.63) is 23.9 Å². The zero-order chi connectivity index (χ0) is 16.3. The Kier molecular flexibility index (Phi) is 10.7. The van der Waals surface area contributed by atoms with Gasteiger partial charge in [-0.05, 0) is 13.0 Å². The lowest BCUT2D eigenvalue weighted by molar-refractivity contribution is 0.0389. The maximum atomic E-state index is 5.53. The van der Waals surface area contributed by atoms with Crippen LogP contribution in [0.3, 0.4) is 0 Å². The van der Waals surface area contributed by atoms with Crippen LogP contribution in [-0.4, -0.2) is 68.9 Å². The minimum absolute atomic E-state index is 0. The van der Waals surface area contributed by atoms with Crippen LogP contribution in [0.15, 0.2) is 23.3 Å². The molecular weight excluding hydrogens is 421 g/mol. The maximum Gasteiger partial charge on any atom is 0.218 e. The number of ether oxygens (including phenoxy) is 2. The summed E-state index contributed by atoms with van der Waals surface area (Å²) in [7, 11) is 1.77. The lowest BCUT2D eigenvalue weighted by atomic mass is 10.2. The molecule has 0 bridgehead atoms. The molecular formula is C16H28IN5O2. The number of halogens is 1. The Hall–Kier alpha value is -1.13. The van der Waals surface area contributed by atoms with Crippen molar-refractivity contribution in [2.45, 2.75) is 13.5 Å². The van der Waals surface area contributed by atoms with E-state index < -0.39 is 0 Å². The second-order valence-electron chi connectivity index (χ2n) is 5.21. The average Bonchev–Trinajstić information content (AvgIpc) is 2.60. The van der Waals surface area contributed by atoms with Crippen LogP contribution in [0.2, 0.25) is 0 Å². The number of hydrogen-bond acceptors (Lipinski definition) is 5. The van der Waals surface area contributed by atoms with Gasteiger partial charge in [-0.3, -0.25) is 9.89 Å². The molecule has 1 saturated heterocycles. The molecule has 0 saturated carbocycles. The van der Waals surface area contributed by atoms with Crippen molar-refractivity contribution in [1.82, 2.24) is 20.5 Å². The van der Waals surface area contributed by atoms with Gasteiger partial charge in [0.1, 0.15) is 0 Å². The second kappa shape index (κ2) is 12.3. The molecule has 1 aromatic heterocycles. The van der Waals surface area contributed by atoms with E-state index in [4.69, 9.17) is 9.47 Å². The maximum absolute atomic E-state index is 5.53. The fraction of sp³-hybridized carbons (Fsp3) is 0.625. The zero-order valence-corrected chi connectivity index (χ0v) is 16.8. The first-order valence-corrected chi connectivity index (χ1v) is 8.14. The molecule has 1 aromatic rings. The molecule has 0 atom stereocenters. The van der Waals surface area contributed by atoms with E-state index in [1.54, 1.807) is 13.2 Å². The smallest absolute Gasteiger partial charge is 0.218 e. The highest BCUT2D eigenvalue weighted by Gasteiger charge is 2.10. The number of rotatable bonds is 7. The second-order valence-corrected chi connectivity index (χ2v) is 5.21. The van der Waals surface area contributed by atoms with Crippen molar-refractivity contribution in [3.63, 3.8) is 0 Å². The van der Waals surface area contributed by atoms with Gasteiger partial charge in [0.2, 0.25) is 5.88 Å². The summed E-state index contributed by atoms with van der Waals surface area (Å²) >= 11 is 0. The molecule has 0 amide bonds. The molecule has 0 aliphatic carbocycles. The van der Waals surface area contributed by atoms with Gasteiger partial charge in [-0.1, -0.05) is 6.07 Å². The van der Waals surface area contributed by atoms with Gasteiger partial charge in [-0.15, -0.1) is 24.0 Å². The van der Waals surface area contributed by atoms with Gasteiger partial charge < -0.3 is 20.1 Å². The Labute approximate surface area is 161 Å². The summed E-state index contributed by atoms with van der Waals surface area (Å²) in [5.41, 5.74) is 1.02. The molecule has 2 rings (SSSR count). The van der Waals surface area contributed by atoms with Gasteiger partial charge in [0, 0.05) is 51.5 Å². The minimum Gasteiger partial charge on any atom is -0.478 e. The van der Waals surface area contributed by atoms with Gasteiger partial charge in [-0.25, -0.2) is 4.98 Å². The summed E-state index contributed by atoms with van der Waals surface area (Å²) in [4.78, 5) is 10.9. The number of aromatic nitrogens is 1. The molecule has 0 radical (unpaired) electrons. The van der Waals surface area contributed by atoms with E-state index in [-0.39, 0.29) is 24.0 Å². The number of pyridine rings is 1. The summed E-state index contributed by atoms with van der Waals surface area (Å²) in [6, 6.07) is 3.92. The van der Waals surface area contributed by atoms with E-state index in [1.165, 1.54) is 0 Å². The van der Waals surface area contributed by atoms with Crippen molar-refractivity contribution in [2.24, 2.45) is 4.99 Å². The van der Waals surface area contributed by atoms with Crippen molar-refractivity contribution < 1.29 is 9.47 Å². The summed E-state index contributed by atoms with van der Waals surface area (Å²) in [5.74, 6) is 1.45. The molecule has 136 valence electrons. The molecule has 2 N–H and O–H groups in total. The SMILES string of the molecule is CCOc1ncccc1CNC(=NC)NCCN1CCOCC1.I. The highest BCUT2D eigenvalue weighted by atomic mass is 127. The third-order valence-electron chi connectivity index (χ3n) is 3.63. The number of nitrogens with zero attached hydrogens (tertiary/aromatic N) is 3. The van der Waals surface area contributed by atoms with E-state index in [2.05, 4.69) is 25.5 Å². The first-order chi connectivity index (χ1) is 11.3. The number of hydrogen-bond donors (Lipinski definition) is 2. The fourth-order valence-electron chi connectivity index (χ4n) is 2.38. The van der Waals surface area contributed by atoms with Gasteiger partial charge >= 0.3 is 0 Å². The zero-order valence-electron chi connectivity index (χ0n) is 14.5. The molecule has 2 heterocycles. The summed E-state index contributed by atoms with van der Waals surface area (Å²) in [5, 5.41) is 6.63. The van der Waals surface area contributed by atoms with Crippen LogP contribution in [0.5, 0.6) is 5.88 Å². The lowest BCUT2D eigenvalue weighted by Gasteiger charge is -2.26. The van der Waals surface area contributed by atoms with E-state index in [0.717, 1.165) is 50.9 Å². The van der Waals surface area contributed by atoms with Gasteiger partial charge in [0.25, 0.3) is 0 Å². The van der Waals surface area contributed by atoms with Crippen LogP contribution in [0.25, 0.3) is 0 Å². The van der Waals surface area contributed by atoms with E-state index >= 15 is 0 Å². The van der Waals surface area contributed by atoms with Crippen LogP contribution in [0, 0.1) is 0 Å². The molecule has 0 spiro atoms. The third kappa shape index (κ3) is 7.18. The standard InChI is InChI=1S/C16H27N5O2.HI/c1-3-23-15-14(5-4-6-18-15)13-20-16(17-2)19-7-8-21-9-11-22-12-10-21;/h4-6H,3,7-13H2,1-2H3,(H2,17,19,20);1H. The Morgan fingerprint density at radius 1 is 1.38 bits per heavy atom. The first kappa shape index (κ1) is 20.9. The Bertz CT molecular complexity index is 495. The summed E-state index contributed by atoms with van der Waals surface area (Å²) in [6.07, 6.45) is 1.74. The molecule has 1 fully saturated rings. The quantitative estimate of drug-likeness (QED) is 0.369. The topological polar surface area (TPSA) is 71.0 Å². The molecule has 1 aliphatic heterocycles. The van der Waals surface area contributed by atoms with Crippen molar-refractivity contribution in [1.29, 1.82) is 0 Å². The first-order valence-electron chi connectivity index (χ1n) is 8.14. The predicted molar refractivity (Wildman–Crippen MR) is 106 cm³/mol. The molecule has 8 heteroatoms. The molecule has 7 nitrogen and oxygen atoms in total. The van der Waals surface area contributed by atoms with Crippen LogP contribution in [0.4, 0.5) is 0 Å². The number of aliphatic imine (C=N–C) groups is 1. The number of guanidine groups is 1. The van der Waals surface area contributed by atoms with Crippen molar-refractivity contribution in [3.8, 4) is 5.88 Å². The van der Waals surface area contributed by atoms with E-state index in [9.17, 15) is 0 Å². The Morgan fingerprint density at radius 2 is 2.17 bits per heavy atom. The van der Waals surface area contributed by atoms with Gasteiger partial charge in [0.15, 0.2) is 5.96 Å². The van der Waals surface area contributed by atoms with Crippen molar-refractivity contribution in [2.75, 3.05) is 53.0 Å². The lowest BCUT2D eigenvalue weighted by Crippen LogP contribution is -2.44. The number of morpholine rings is 1. The van der Waals surface area contributed by atoms with Gasteiger partial charge in [0.05, 0.1) is 19.8 Å². The average molecular weight is 449 g/mol. The number of nitrogens with one attached hydrogen (secondary N) is 2. The molecule has 0 unspecified atom stereocenters. The Balaban J connectivity index is 0.00000288. The molecule has 24 heavy (non-hydrogen) atoms. The minimum atomic E-state index is 0. The fourth-order valence-corrected chi connectivity index (χ4v) is 2.38. The highest BCUT2D eigenvalue weighted by molar-refractivity contribution is 14.0. The predicted octanol–water partition coefficient (Wildman–Crippen LogP) is 1.10. The Morgan fingerprint density at radius 3 is 2.88 bits per heavy atom. The molecule has 1 aliphatic rings. The summed E-state index contributed by atoms with van der Waals surface area (Å²) in [6.45, 7) is 8.69. The van der Waals surface area contributed by atoms with E-state index in [1.807, 2.05) is 19.1 Å². The van der Waals surface area contributed by atoms with Crippen LogP contribution in [-0.2, 0) is 11.3 Å². The molecule has 0 aromatic carbocycles. The normalized spacial score (nSPS) is 15.5. The van der Waals surface area contributed by atoms with Gasteiger partial charge in [-0.2, -0.15) is 0 Å². The van der Waals surface area contributed by atoms with E-state index in [0.29, 0.717) is 19.0 Å². The van der Waals surface area contributed by atoms with Crippen molar-refractivity contribution >= 4 is 29.9 Å².